The average molecular weight is 392 g/mol. The fourth-order valence-corrected chi connectivity index (χ4v) is 9.66. The summed E-state index contributed by atoms with van der Waals surface area (Å²) in [6.45, 7) is 4.88. The molecule has 24 heavy (non-hydrogen) atoms. The van der Waals surface area contributed by atoms with Crippen molar-refractivity contribution in [1.82, 2.24) is 0 Å². The number of hydrogen-bond acceptors (Lipinski definition) is 0. The van der Waals surface area contributed by atoms with Crippen molar-refractivity contribution in [3.8, 4) is 11.1 Å². The Morgan fingerprint density at radius 1 is 0.875 bits per heavy atom. The molecule has 0 heterocycles. The molecular formula is C21H21Cl2Ti. The molecule has 0 aliphatic heterocycles. The van der Waals surface area contributed by atoms with Gasteiger partial charge in [-0.25, -0.2) is 0 Å². The van der Waals surface area contributed by atoms with E-state index in [2.05, 4.69) is 80.6 Å². The van der Waals surface area contributed by atoms with E-state index in [0.29, 0.717) is 4.22 Å². The monoisotopic (exact) mass is 391 g/mol. The molecule has 2 aliphatic carbocycles. The Morgan fingerprint density at radius 3 is 1.88 bits per heavy atom. The summed E-state index contributed by atoms with van der Waals surface area (Å²) in [5.74, 6) is 0. The average Bonchev–Trinajstić information content (AvgIpc) is 3.16. The summed E-state index contributed by atoms with van der Waals surface area (Å²) in [6, 6.07) is 18.2. The molecule has 3 heteroatoms. The number of rotatable bonds is 3. The van der Waals surface area contributed by atoms with E-state index in [9.17, 15) is 0 Å². The molecule has 2 aromatic carbocycles. The van der Waals surface area contributed by atoms with Gasteiger partial charge in [0, 0.05) is 0 Å². The van der Waals surface area contributed by atoms with Crippen LogP contribution in [-0.2, 0) is 17.9 Å². The first-order valence-corrected chi connectivity index (χ1v) is 10.8. The van der Waals surface area contributed by atoms with Gasteiger partial charge in [-0.15, -0.1) is 0 Å². The first kappa shape index (κ1) is 19.5. The minimum absolute atomic E-state index is 0. The molecule has 0 N–H and O–H groups in total. The van der Waals surface area contributed by atoms with Crippen molar-refractivity contribution in [1.29, 1.82) is 0 Å². The quantitative estimate of drug-likeness (QED) is 0.649. The fraction of sp³-hybridized carbons (Fsp3) is 0.238. The maximum atomic E-state index is 2.44. The van der Waals surface area contributed by atoms with Crippen LogP contribution in [0.25, 0.3) is 11.1 Å². The molecule has 2 aliphatic rings. The van der Waals surface area contributed by atoms with Crippen molar-refractivity contribution >= 4 is 0 Å². The van der Waals surface area contributed by atoms with Crippen LogP contribution in [-0.4, -0.2) is 0 Å². The SMILES string of the molecule is C[CH](C)[Ti+2]([C]1=CC=CC1)[CH]1c2ccccc2-c2ccccc21.[Cl-].[Cl-]. The van der Waals surface area contributed by atoms with Crippen molar-refractivity contribution in [3.63, 3.8) is 0 Å². The van der Waals surface area contributed by atoms with Crippen LogP contribution in [0.2, 0.25) is 4.22 Å². The smallest absolute Gasteiger partial charge is 1.00 e. The number of allylic oxidation sites excluding steroid dienone is 4. The topological polar surface area (TPSA) is 0 Å². The van der Waals surface area contributed by atoms with Gasteiger partial charge < -0.3 is 24.8 Å². The number of hydrogen-bond donors (Lipinski definition) is 0. The van der Waals surface area contributed by atoms with Gasteiger partial charge in [-0.2, -0.15) is 0 Å². The third-order valence-corrected chi connectivity index (χ3v) is 10.5. The van der Waals surface area contributed by atoms with Crippen molar-refractivity contribution in [2.75, 3.05) is 0 Å². The Balaban J connectivity index is 0.00000104. The minimum Gasteiger partial charge on any atom is -1.00 e. The largest absolute Gasteiger partial charge is 1.00 e. The molecular weight excluding hydrogens is 371 g/mol. The summed E-state index contributed by atoms with van der Waals surface area (Å²) in [5, 5.41) is 0. The zero-order valence-corrected chi connectivity index (χ0v) is 17.0. The van der Waals surface area contributed by atoms with E-state index >= 15 is 0 Å². The number of fused-ring (bicyclic) bond motifs is 3. The molecule has 0 saturated heterocycles. The summed E-state index contributed by atoms with van der Waals surface area (Å²) in [4.78, 5) is 0. The molecule has 0 aromatic heterocycles. The van der Waals surface area contributed by atoms with Crippen LogP contribution in [0, 0.1) is 0 Å². The van der Waals surface area contributed by atoms with Gasteiger partial charge in [0.1, 0.15) is 0 Å². The summed E-state index contributed by atoms with van der Waals surface area (Å²) in [6.07, 6.45) is 8.20. The molecule has 0 unspecified atom stereocenters. The van der Waals surface area contributed by atoms with E-state index in [-0.39, 0.29) is 24.8 Å². The minimum atomic E-state index is -1.42. The van der Waals surface area contributed by atoms with Crippen LogP contribution in [0.4, 0.5) is 0 Å². The Morgan fingerprint density at radius 2 is 1.42 bits per heavy atom. The Bertz CT molecular complexity index is 731. The van der Waals surface area contributed by atoms with Gasteiger partial charge in [-0.1, -0.05) is 0 Å². The predicted octanol–water partition coefficient (Wildman–Crippen LogP) is 0.0547. The molecule has 0 fully saturated rings. The molecule has 0 amide bonds. The van der Waals surface area contributed by atoms with Gasteiger partial charge in [0.25, 0.3) is 0 Å². The molecule has 0 radical (unpaired) electrons. The summed E-state index contributed by atoms with van der Waals surface area (Å²) >= 11 is -1.42. The molecule has 0 nitrogen and oxygen atoms in total. The maximum Gasteiger partial charge on any atom is -1.00 e. The second-order valence-electron chi connectivity index (χ2n) is 6.54. The predicted molar refractivity (Wildman–Crippen MR) is 90.7 cm³/mol. The van der Waals surface area contributed by atoms with E-state index in [4.69, 9.17) is 0 Å². The van der Waals surface area contributed by atoms with E-state index in [1.165, 1.54) is 17.5 Å². The van der Waals surface area contributed by atoms with Crippen LogP contribution in [0.15, 0.2) is 70.6 Å². The van der Waals surface area contributed by atoms with E-state index in [1.807, 2.05) is 0 Å². The van der Waals surface area contributed by atoms with Gasteiger partial charge in [0.2, 0.25) is 0 Å². The second-order valence-corrected chi connectivity index (χ2v) is 11.7. The van der Waals surface area contributed by atoms with Gasteiger partial charge in [-0.05, 0) is 0 Å². The molecule has 0 bridgehead atoms. The fourth-order valence-electron chi connectivity index (χ4n) is 4.04. The maximum absolute atomic E-state index is 2.44. The number of halogens is 2. The third-order valence-electron chi connectivity index (χ3n) is 4.91. The van der Waals surface area contributed by atoms with Crippen LogP contribution in [0.1, 0.15) is 35.6 Å². The Labute approximate surface area is 163 Å². The van der Waals surface area contributed by atoms with Crippen molar-refractivity contribution in [2.24, 2.45) is 0 Å². The van der Waals surface area contributed by atoms with Crippen LogP contribution in [0.3, 0.4) is 0 Å². The molecule has 4 rings (SSSR count). The zero-order chi connectivity index (χ0) is 15.1. The van der Waals surface area contributed by atoms with Crippen molar-refractivity contribution < 1.29 is 42.7 Å². The van der Waals surface area contributed by atoms with Crippen LogP contribution < -0.4 is 24.8 Å². The van der Waals surface area contributed by atoms with Crippen LogP contribution >= 0.6 is 0 Å². The Hall–Kier alpha value is -0.786. The van der Waals surface area contributed by atoms with Gasteiger partial charge in [-0.3, -0.25) is 0 Å². The molecule has 0 spiro atoms. The second kappa shape index (κ2) is 8.06. The van der Waals surface area contributed by atoms with Crippen LogP contribution in [0.5, 0.6) is 0 Å². The standard InChI is InChI=1S/C13H9.C5H5.C3H7.2ClH.Ti/c1-3-7-12-10(5-1)9-11-6-2-4-8-13(11)12;1-2-4-5-3-1;1-3-2;;;/h1-9H;1-3H,4H2;3H,1-2H3;2*1H;/q;;;;;+2/p-2. The molecule has 0 saturated carbocycles. The van der Waals surface area contributed by atoms with Gasteiger partial charge in [0.05, 0.1) is 0 Å². The molecule has 0 atom stereocenters. The van der Waals surface area contributed by atoms with Crippen molar-refractivity contribution in [2.45, 2.75) is 28.7 Å². The van der Waals surface area contributed by atoms with E-state index in [0.717, 1.165) is 4.22 Å². The first-order valence-electron chi connectivity index (χ1n) is 8.18. The molecule has 2 aromatic rings. The summed E-state index contributed by atoms with van der Waals surface area (Å²) in [7, 11) is 0. The van der Waals surface area contributed by atoms with Gasteiger partial charge in [0.15, 0.2) is 0 Å². The summed E-state index contributed by atoms with van der Waals surface area (Å²) in [5.41, 5.74) is 6.11. The van der Waals surface area contributed by atoms with E-state index < -0.39 is 17.9 Å². The first-order chi connectivity index (χ1) is 10.8. The zero-order valence-electron chi connectivity index (χ0n) is 14.0. The number of benzene rings is 2. The summed E-state index contributed by atoms with van der Waals surface area (Å²) < 4.78 is 3.22. The normalized spacial score (nSPS) is 14.5. The van der Waals surface area contributed by atoms with Crippen molar-refractivity contribution in [3.05, 3.63) is 81.8 Å². The Kier molecular flexibility index (Phi) is 6.56. The van der Waals surface area contributed by atoms with Gasteiger partial charge >= 0.3 is 139 Å². The third kappa shape index (κ3) is 3.18. The molecule has 123 valence electrons. The van der Waals surface area contributed by atoms with E-state index in [1.54, 1.807) is 15.0 Å².